The fourth-order valence-corrected chi connectivity index (χ4v) is 4.58. The van der Waals surface area contributed by atoms with Crippen LogP contribution in [0.3, 0.4) is 0 Å². The third kappa shape index (κ3) is 6.42. The summed E-state index contributed by atoms with van der Waals surface area (Å²) in [6, 6.07) is 12.7. The molecule has 0 aromatic heterocycles. The molecule has 1 aliphatic rings. The van der Waals surface area contributed by atoms with E-state index in [0.29, 0.717) is 18.7 Å². The van der Waals surface area contributed by atoms with E-state index in [4.69, 9.17) is 11.2 Å². The van der Waals surface area contributed by atoms with Gasteiger partial charge in [0.1, 0.15) is 0 Å². The van der Waals surface area contributed by atoms with Gasteiger partial charge < -0.3 is 15.0 Å². The number of hydrogen-bond donors (Lipinski definition) is 2. The second kappa shape index (κ2) is 10.6. The lowest BCUT2D eigenvalue weighted by molar-refractivity contribution is -0.0586. The van der Waals surface area contributed by atoms with E-state index in [1.807, 2.05) is 13.8 Å². The summed E-state index contributed by atoms with van der Waals surface area (Å²) in [6.45, 7) is 5.08. The van der Waals surface area contributed by atoms with Crippen molar-refractivity contribution < 1.29 is 22.7 Å². The van der Waals surface area contributed by atoms with Crippen molar-refractivity contribution in [2.24, 2.45) is 0 Å². The fraction of sp³-hybridized carbons (Fsp3) is 0.333. The van der Waals surface area contributed by atoms with Gasteiger partial charge in [0.05, 0.1) is 23.6 Å². The van der Waals surface area contributed by atoms with Crippen LogP contribution < -0.4 is 10.0 Å². The topological polar surface area (TPSA) is 105 Å². The predicted molar refractivity (Wildman–Crippen MR) is 124 cm³/mol. The van der Waals surface area contributed by atoms with E-state index in [1.54, 1.807) is 29.2 Å². The fourth-order valence-electron chi connectivity index (χ4n) is 3.60. The summed E-state index contributed by atoms with van der Waals surface area (Å²) < 4.78 is 32.3. The molecular weight excluding hydrogens is 442 g/mol. The number of hydrogen-bond acceptors (Lipinski definition) is 5. The summed E-state index contributed by atoms with van der Waals surface area (Å²) >= 11 is 0. The molecule has 0 spiro atoms. The van der Waals surface area contributed by atoms with Gasteiger partial charge in [-0.15, -0.1) is 6.42 Å². The van der Waals surface area contributed by atoms with Crippen molar-refractivity contribution in [3.8, 4) is 12.3 Å². The number of ether oxygens (including phenoxy) is 1. The highest BCUT2D eigenvalue weighted by molar-refractivity contribution is 7.89. The lowest BCUT2D eigenvalue weighted by atomic mass is 10.1. The molecule has 9 heteroatoms. The maximum Gasteiger partial charge on any atom is 0.254 e. The maximum atomic E-state index is 12.8. The Labute approximate surface area is 194 Å². The quantitative estimate of drug-likeness (QED) is 0.602. The number of nitrogens with one attached hydrogen (secondary N) is 2. The van der Waals surface area contributed by atoms with Crippen LogP contribution in [0.4, 0.5) is 0 Å². The van der Waals surface area contributed by atoms with Crippen molar-refractivity contribution in [3.63, 3.8) is 0 Å². The minimum atomic E-state index is -3.79. The molecule has 1 saturated heterocycles. The smallest absolute Gasteiger partial charge is 0.254 e. The Hall–Kier alpha value is -3.19. The van der Waals surface area contributed by atoms with Crippen LogP contribution in [-0.2, 0) is 21.3 Å². The summed E-state index contributed by atoms with van der Waals surface area (Å²) in [7, 11) is -3.79. The van der Waals surface area contributed by atoms with Gasteiger partial charge in [-0.05, 0) is 49.7 Å². The summed E-state index contributed by atoms with van der Waals surface area (Å²) in [6.07, 6.45) is 5.08. The summed E-state index contributed by atoms with van der Waals surface area (Å²) in [5.74, 6) is 1.74. The van der Waals surface area contributed by atoms with Crippen LogP contribution in [0.25, 0.3) is 0 Å². The molecule has 1 aliphatic heterocycles. The minimum absolute atomic E-state index is 0.00575. The first-order valence-electron chi connectivity index (χ1n) is 10.5. The molecule has 174 valence electrons. The number of carbonyl (C=O) groups excluding carboxylic acids is 2. The molecule has 33 heavy (non-hydrogen) atoms. The molecular formula is C24H27N3O5S. The van der Waals surface area contributed by atoms with Gasteiger partial charge in [0.25, 0.3) is 11.8 Å². The van der Waals surface area contributed by atoms with Crippen LogP contribution in [0, 0.1) is 12.3 Å². The average Bonchev–Trinajstić information content (AvgIpc) is 2.80. The zero-order valence-corrected chi connectivity index (χ0v) is 19.4. The van der Waals surface area contributed by atoms with Gasteiger partial charge >= 0.3 is 0 Å². The Morgan fingerprint density at radius 3 is 2.39 bits per heavy atom. The number of rotatable bonds is 7. The monoisotopic (exact) mass is 469 g/mol. The first kappa shape index (κ1) is 24.5. The van der Waals surface area contributed by atoms with Gasteiger partial charge in [-0.1, -0.05) is 24.1 Å². The lowest BCUT2D eigenvalue weighted by Crippen LogP contribution is -2.48. The number of nitrogens with zero attached hydrogens (tertiary/aromatic N) is 1. The molecule has 2 aromatic carbocycles. The normalized spacial score (nSPS) is 18.4. The van der Waals surface area contributed by atoms with E-state index >= 15 is 0 Å². The molecule has 0 radical (unpaired) electrons. The van der Waals surface area contributed by atoms with Crippen LogP contribution in [0.2, 0.25) is 0 Å². The standard InChI is InChI=1S/C24H27N3O5S/c1-4-12-26-33(30,31)22-7-5-6-21(13-22)23(28)25-14-19-8-10-20(11-9-19)24(29)27-15-17(2)32-18(3)16-27/h1,5-11,13,17-18,26H,12,14-16H2,2-3H3,(H,25,28). The second-order valence-corrected chi connectivity index (χ2v) is 9.67. The van der Waals surface area contributed by atoms with E-state index in [2.05, 4.69) is 16.0 Å². The van der Waals surface area contributed by atoms with Gasteiger partial charge in [0.2, 0.25) is 10.0 Å². The third-order valence-electron chi connectivity index (χ3n) is 5.13. The van der Waals surface area contributed by atoms with Gasteiger partial charge in [0.15, 0.2) is 0 Å². The highest BCUT2D eigenvalue weighted by Gasteiger charge is 2.26. The molecule has 0 saturated carbocycles. The summed E-state index contributed by atoms with van der Waals surface area (Å²) in [5, 5.41) is 2.76. The molecule has 0 bridgehead atoms. The Morgan fingerprint density at radius 2 is 1.76 bits per heavy atom. The SMILES string of the molecule is C#CCNS(=O)(=O)c1cccc(C(=O)NCc2ccc(C(=O)N3CC(C)OC(C)C3)cc2)c1. The van der Waals surface area contributed by atoms with Crippen LogP contribution in [0.1, 0.15) is 40.1 Å². The number of terminal acetylenes is 1. The van der Waals surface area contributed by atoms with Gasteiger partial charge in [-0.2, -0.15) is 4.72 Å². The zero-order chi connectivity index (χ0) is 24.0. The van der Waals surface area contributed by atoms with Crippen molar-refractivity contribution in [3.05, 3.63) is 65.2 Å². The lowest BCUT2D eigenvalue weighted by Gasteiger charge is -2.35. The molecule has 3 rings (SSSR count). The zero-order valence-electron chi connectivity index (χ0n) is 18.6. The van der Waals surface area contributed by atoms with E-state index in [0.717, 1.165) is 5.56 Å². The first-order chi connectivity index (χ1) is 15.7. The molecule has 0 aliphatic carbocycles. The molecule has 1 fully saturated rings. The number of carbonyl (C=O) groups is 2. The predicted octanol–water partition coefficient (Wildman–Crippen LogP) is 1.78. The number of sulfonamides is 1. The van der Waals surface area contributed by atoms with Crippen molar-refractivity contribution in [2.45, 2.75) is 37.5 Å². The molecule has 2 amide bonds. The Balaban J connectivity index is 1.60. The molecule has 1 heterocycles. The van der Waals surface area contributed by atoms with E-state index in [9.17, 15) is 18.0 Å². The largest absolute Gasteiger partial charge is 0.372 e. The first-order valence-corrected chi connectivity index (χ1v) is 12.0. The molecule has 2 N–H and O–H groups in total. The number of benzene rings is 2. The molecule has 2 unspecified atom stereocenters. The van der Waals surface area contributed by atoms with E-state index in [-0.39, 0.29) is 41.7 Å². The Bertz CT molecular complexity index is 1150. The van der Waals surface area contributed by atoms with Crippen molar-refractivity contribution in [1.29, 1.82) is 0 Å². The van der Waals surface area contributed by atoms with Crippen LogP contribution >= 0.6 is 0 Å². The van der Waals surface area contributed by atoms with Crippen LogP contribution in [0.15, 0.2) is 53.4 Å². The average molecular weight is 470 g/mol. The van der Waals surface area contributed by atoms with Crippen molar-refractivity contribution >= 4 is 21.8 Å². The minimum Gasteiger partial charge on any atom is -0.372 e. The maximum absolute atomic E-state index is 12.8. The van der Waals surface area contributed by atoms with E-state index < -0.39 is 15.9 Å². The Morgan fingerprint density at radius 1 is 1.09 bits per heavy atom. The number of morpholine rings is 1. The molecule has 8 nitrogen and oxygen atoms in total. The second-order valence-electron chi connectivity index (χ2n) is 7.90. The summed E-state index contributed by atoms with van der Waals surface area (Å²) in [4.78, 5) is 27.0. The third-order valence-corrected chi connectivity index (χ3v) is 6.53. The van der Waals surface area contributed by atoms with Gasteiger partial charge in [-0.3, -0.25) is 9.59 Å². The Kier molecular flexibility index (Phi) is 7.87. The van der Waals surface area contributed by atoms with Gasteiger partial charge in [-0.25, -0.2) is 8.42 Å². The van der Waals surface area contributed by atoms with Crippen molar-refractivity contribution in [2.75, 3.05) is 19.6 Å². The van der Waals surface area contributed by atoms with Crippen molar-refractivity contribution in [1.82, 2.24) is 14.9 Å². The van der Waals surface area contributed by atoms with Crippen LogP contribution in [-0.4, -0.2) is 57.0 Å². The highest BCUT2D eigenvalue weighted by Crippen LogP contribution is 2.15. The highest BCUT2D eigenvalue weighted by atomic mass is 32.2. The van der Waals surface area contributed by atoms with E-state index in [1.165, 1.54) is 24.3 Å². The number of amides is 2. The summed E-state index contributed by atoms with van der Waals surface area (Å²) in [5.41, 5.74) is 1.59. The molecule has 2 aromatic rings. The van der Waals surface area contributed by atoms with Crippen LogP contribution in [0.5, 0.6) is 0 Å². The molecule has 2 atom stereocenters. The van der Waals surface area contributed by atoms with Gasteiger partial charge in [0, 0.05) is 30.8 Å².